The summed E-state index contributed by atoms with van der Waals surface area (Å²) in [5.74, 6) is 0.607. The molecule has 0 bridgehead atoms. The van der Waals surface area contributed by atoms with Gasteiger partial charge in [0.15, 0.2) is 0 Å². The highest BCUT2D eigenvalue weighted by atomic mass is 32.2. The fraction of sp³-hybridized carbons (Fsp3) is 1.00. The lowest BCUT2D eigenvalue weighted by Crippen LogP contribution is -2.46. The molecule has 0 aliphatic carbocycles. The zero-order valence-electron chi connectivity index (χ0n) is 12.1. The predicted molar refractivity (Wildman–Crippen MR) is 76.1 cm³/mol. The average Bonchev–Trinajstić information content (AvgIpc) is 2.35. The molecule has 1 unspecified atom stereocenters. The molecule has 1 atom stereocenters. The molecule has 1 aliphatic heterocycles. The van der Waals surface area contributed by atoms with Crippen LogP contribution in [0.15, 0.2) is 0 Å². The normalized spacial score (nSPS) is 21.4. The van der Waals surface area contributed by atoms with Crippen LogP contribution in [0.2, 0.25) is 0 Å². The van der Waals surface area contributed by atoms with E-state index in [0.717, 1.165) is 25.8 Å². The topological polar surface area (TPSA) is 49.4 Å². The molecule has 0 aromatic rings. The van der Waals surface area contributed by atoms with Crippen molar-refractivity contribution in [2.75, 3.05) is 19.6 Å². The van der Waals surface area contributed by atoms with Gasteiger partial charge in [0.25, 0.3) is 0 Å². The van der Waals surface area contributed by atoms with Gasteiger partial charge in [-0.2, -0.15) is 0 Å². The zero-order valence-corrected chi connectivity index (χ0v) is 13.0. The van der Waals surface area contributed by atoms with Crippen LogP contribution in [0, 0.1) is 5.92 Å². The molecule has 5 heteroatoms. The van der Waals surface area contributed by atoms with Crippen molar-refractivity contribution < 1.29 is 8.42 Å². The molecule has 0 spiro atoms. The first-order chi connectivity index (χ1) is 8.39. The van der Waals surface area contributed by atoms with E-state index in [1.165, 1.54) is 0 Å². The Morgan fingerprint density at radius 1 is 1.22 bits per heavy atom. The quantitative estimate of drug-likeness (QED) is 0.805. The van der Waals surface area contributed by atoms with Crippen molar-refractivity contribution in [3.8, 4) is 0 Å². The summed E-state index contributed by atoms with van der Waals surface area (Å²) in [6, 6.07) is 0.494. The number of hydrogen-bond acceptors (Lipinski definition) is 3. The molecule has 1 fully saturated rings. The highest BCUT2D eigenvalue weighted by Gasteiger charge is 2.31. The van der Waals surface area contributed by atoms with Gasteiger partial charge in [0.2, 0.25) is 10.0 Å². The molecule has 1 saturated heterocycles. The minimum absolute atomic E-state index is 0.301. The van der Waals surface area contributed by atoms with Crippen molar-refractivity contribution in [2.45, 2.75) is 58.2 Å². The first kappa shape index (κ1) is 15.9. The highest BCUT2D eigenvalue weighted by molar-refractivity contribution is 7.89. The van der Waals surface area contributed by atoms with E-state index in [0.29, 0.717) is 25.0 Å². The Bertz CT molecular complexity index is 333. The molecule has 0 radical (unpaired) electrons. The third-order valence-electron chi connectivity index (χ3n) is 3.88. The Labute approximate surface area is 112 Å². The summed E-state index contributed by atoms with van der Waals surface area (Å²) < 4.78 is 25.8. The summed E-state index contributed by atoms with van der Waals surface area (Å²) in [5.41, 5.74) is 0. The van der Waals surface area contributed by atoms with Gasteiger partial charge >= 0.3 is 0 Å². The highest BCUT2D eigenvalue weighted by Crippen LogP contribution is 2.23. The minimum Gasteiger partial charge on any atom is -0.314 e. The third-order valence-corrected chi connectivity index (χ3v) is 6.15. The Morgan fingerprint density at radius 2 is 1.78 bits per heavy atom. The van der Waals surface area contributed by atoms with Crippen LogP contribution in [0.3, 0.4) is 0 Å². The van der Waals surface area contributed by atoms with Crippen LogP contribution >= 0.6 is 0 Å². The second kappa shape index (κ2) is 6.87. The predicted octanol–water partition coefficient (Wildman–Crippen LogP) is 1.82. The second-order valence-corrected chi connectivity index (χ2v) is 8.06. The maximum Gasteiger partial charge on any atom is 0.216 e. The summed E-state index contributed by atoms with van der Waals surface area (Å²) >= 11 is 0. The number of sulfonamides is 1. The van der Waals surface area contributed by atoms with Gasteiger partial charge in [-0.05, 0) is 52.5 Å². The zero-order chi connectivity index (χ0) is 13.8. The molecule has 0 amide bonds. The van der Waals surface area contributed by atoms with Crippen LogP contribution in [0.1, 0.15) is 47.0 Å². The lowest BCUT2D eigenvalue weighted by molar-refractivity contribution is 0.230. The van der Waals surface area contributed by atoms with Gasteiger partial charge in [0.05, 0.1) is 5.25 Å². The number of nitrogens with one attached hydrogen (secondary N) is 1. The van der Waals surface area contributed by atoms with Gasteiger partial charge < -0.3 is 5.32 Å². The van der Waals surface area contributed by atoms with Gasteiger partial charge in [0, 0.05) is 19.1 Å². The van der Waals surface area contributed by atoms with Crippen molar-refractivity contribution in [3.63, 3.8) is 0 Å². The fourth-order valence-electron chi connectivity index (χ4n) is 2.47. The van der Waals surface area contributed by atoms with E-state index in [1.807, 2.05) is 0 Å². The first-order valence-electron chi connectivity index (χ1n) is 7.12. The average molecular weight is 276 g/mol. The van der Waals surface area contributed by atoms with Crippen LogP contribution < -0.4 is 5.32 Å². The Hall–Kier alpha value is -0.130. The third kappa shape index (κ3) is 3.93. The van der Waals surface area contributed by atoms with Crippen LogP contribution in [-0.4, -0.2) is 43.6 Å². The second-order valence-electron chi connectivity index (χ2n) is 5.57. The number of rotatable bonds is 6. The molecule has 18 heavy (non-hydrogen) atoms. The van der Waals surface area contributed by atoms with E-state index in [1.54, 1.807) is 18.2 Å². The molecule has 1 N–H and O–H groups in total. The van der Waals surface area contributed by atoms with E-state index in [4.69, 9.17) is 0 Å². The molecular formula is C13H28N2O2S. The molecule has 1 aliphatic rings. The SMILES string of the molecule is CCCNC(C)C1CCN(S(=O)(=O)C(C)C)CC1. The van der Waals surface area contributed by atoms with E-state index in [-0.39, 0.29) is 5.25 Å². The molecule has 0 aromatic heterocycles. The fourth-order valence-corrected chi connectivity index (χ4v) is 3.78. The van der Waals surface area contributed by atoms with Gasteiger partial charge in [-0.25, -0.2) is 12.7 Å². The number of hydrogen-bond donors (Lipinski definition) is 1. The number of piperidine rings is 1. The summed E-state index contributed by atoms with van der Waals surface area (Å²) in [6.45, 7) is 10.3. The van der Waals surface area contributed by atoms with Gasteiger partial charge in [-0.1, -0.05) is 6.92 Å². The van der Waals surface area contributed by atoms with Crippen molar-refractivity contribution in [1.82, 2.24) is 9.62 Å². The van der Waals surface area contributed by atoms with Crippen molar-refractivity contribution in [1.29, 1.82) is 0 Å². The lowest BCUT2D eigenvalue weighted by atomic mass is 9.91. The Balaban J connectivity index is 2.46. The summed E-state index contributed by atoms with van der Waals surface area (Å²) in [7, 11) is -3.05. The largest absolute Gasteiger partial charge is 0.314 e. The molecular weight excluding hydrogens is 248 g/mol. The maximum atomic E-state index is 12.0. The van der Waals surface area contributed by atoms with E-state index in [9.17, 15) is 8.42 Å². The van der Waals surface area contributed by atoms with E-state index >= 15 is 0 Å². The van der Waals surface area contributed by atoms with Crippen LogP contribution in [0.5, 0.6) is 0 Å². The Kier molecular flexibility index (Phi) is 6.08. The molecule has 4 nitrogen and oxygen atoms in total. The molecule has 1 rings (SSSR count). The Morgan fingerprint density at radius 3 is 2.22 bits per heavy atom. The van der Waals surface area contributed by atoms with Crippen LogP contribution in [0.4, 0.5) is 0 Å². The molecule has 1 heterocycles. The van der Waals surface area contributed by atoms with E-state index in [2.05, 4.69) is 19.2 Å². The van der Waals surface area contributed by atoms with Gasteiger partial charge in [-0.15, -0.1) is 0 Å². The standard InChI is InChI=1S/C13H28N2O2S/c1-5-8-14-12(4)13-6-9-15(10-7-13)18(16,17)11(2)3/h11-14H,5-10H2,1-4H3. The van der Waals surface area contributed by atoms with E-state index < -0.39 is 10.0 Å². The maximum absolute atomic E-state index is 12.0. The molecule has 0 saturated carbocycles. The molecule has 108 valence electrons. The first-order valence-corrected chi connectivity index (χ1v) is 8.62. The van der Waals surface area contributed by atoms with Gasteiger partial charge in [-0.3, -0.25) is 0 Å². The summed E-state index contributed by atoms with van der Waals surface area (Å²) in [4.78, 5) is 0. The van der Waals surface area contributed by atoms with Crippen molar-refractivity contribution in [2.24, 2.45) is 5.92 Å². The summed E-state index contributed by atoms with van der Waals surface area (Å²) in [5, 5.41) is 3.21. The molecule has 0 aromatic carbocycles. The van der Waals surface area contributed by atoms with Crippen molar-refractivity contribution in [3.05, 3.63) is 0 Å². The summed E-state index contributed by atoms with van der Waals surface area (Å²) in [6.07, 6.45) is 3.10. The monoisotopic (exact) mass is 276 g/mol. The van der Waals surface area contributed by atoms with Gasteiger partial charge in [0.1, 0.15) is 0 Å². The number of nitrogens with zero attached hydrogens (tertiary/aromatic N) is 1. The smallest absolute Gasteiger partial charge is 0.216 e. The minimum atomic E-state index is -3.05. The lowest BCUT2D eigenvalue weighted by Gasteiger charge is -2.35. The van der Waals surface area contributed by atoms with Crippen molar-refractivity contribution >= 4 is 10.0 Å². The van der Waals surface area contributed by atoms with Crippen LogP contribution in [0.25, 0.3) is 0 Å². The van der Waals surface area contributed by atoms with Crippen LogP contribution in [-0.2, 0) is 10.0 Å².